The van der Waals surface area contributed by atoms with Crippen LogP contribution in [-0.2, 0) is 10.8 Å². The Labute approximate surface area is 172 Å². The lowest BCUT2D eigenvalue weighted by atomic mass is 9.63. The highest BCUT2D eigenvalue weighted by atomic mass is 16.3. The van der Waals surface area contributed by atoms with E-state index in [1.54, 1.807) is 0 Å². The first-order valence-corrected chi connectivity index (χ1v) is 10.6. The maximum Gasteiger partial charge on any atom is 0.135 e. The largest absolute Gasteiger partial charge is 0.456 e. The van der Waals surface area contributed by atoms with Gasteiger partial charge < -0.3 is 9.73 Å². The van der Waals surface area contributed by atoms with Crippen LogP contribution in [0.5, 0.6) is 0 Å². The smallest absolute Gasteiger partial charge is 0.135 e. The molecule has 1 N–H and O–H groups in total. The van der Waals surface area contributed by atoms with Gasteiger partial charge in [-0.05, 0) is 83.7 Å². The normalized spacial score (nSPS) is 17.4. The van der Waals surface area contributed by atoms with Crippen molar-refractivity contribution in [3.8, 4) is 0 Å². The molecule has 1 aliphatic rings. The second-order valence-corrected chi connectivity index (χ2v) is 9.91. The SMILES string of the molecule is Cc1ccccc1Nc1ccc2oc3cc4c(cc3c2c1)C(C)(C)CCC4(C)C. The van der Waals surface area contributed by atoms with Gasteiger partial charge in [-0.15, -0.1) is 0 Å². The Morgan fingerprint density at radius 1 is 0.759 bits per heavy atom. The Balaban J connectivity index is 1.68. The van der Waals surface area contributed by atoms with Crippen molar-refractivity contribution in [1.29, 1.82) is 0 Å². The van der Waals surface area contributed by atoms with Crippen molar-refractivity contribution in [1.82, 2.24) is 0 Å². The Bertz CT molecular complexity index is 1240. The monoisotopic (exact) mass is 383 g/mol. The zero-order chi connectivity index (χ0) is 20.4. The molecule has 0 spiro atoms. The molecule has 2 nitrogen and oxygen atoms in total. The Hall–Kier alpha value is -2.74. The summed E-state index contributed by atoms with van der Waals surface area (Å²) >= 11 is 0. The predicted octanol–water partition coefficient (Wildman–Crippen LogP) is 7.99. The Morgan fingerprint density at radius 3 is 2.14 bits per heavy atom. The quantitative estimate of drug-likeness (QED) is 0.379. The van der Waals surface area contributed by atoms with Crippen LogP contribution in [0.2, 0.25) is 0 Å². The van der Waals surface area contributed by atoms with Crippen LogP contribution in [0.3, 0.4) is 0 Å². The van der Waals surface area contributed by atoms with Gasteiger partial charge in [-0.3, -0.25) is 0 Å². The average molecular weight is 384 g/mol. The summed E-state index contributed by atoms with van der Waals surface area (Å²) < 4.78 is 6.28. The molecule has 1 heterocycles. The van der Waals surface area contributed by atoms with Crippen molar-refractivity contribution in [3.05, 3.63) is 71.3 Å². The minimum atomic E-state index is 0.190. The molecule has 29 heavy (non-hydrogen) atoms. The van der Waals surface area contributed by atoms with E-state index in [0.717, 1.165) is 22.5 Å². The van der Waals surface area contributed by atoms with Crippen molar-refractivity contribution in [2.45, 2.75) is 58.3 Å². The van der Waals surface area contributed by atoms with E-state index in [2.05, 4.69) is 94.5 Å². The predicted molar refractivity (Wildman–Crippen MR) is 123 cm³/mol. The molecule has 3 aromatic carbocycles. The number of para-hydroxylation sites is 1. The van der Waals surface area contributed by atoms with E-state index in [1.807, 2.05) is 0 Å². The van der Waals surface area contributed by atoms with E-state index in [-0.39, 0.29) is 10.8 Å². The van der Waals surface area contributed by atoms with Crippen LogP contribution in [0.4, 0.5) is 11.4 Å². The number of benzene rings is 3. The molecule has 0 fully saturated rings. The summed E-state index contributed by atoms with van der Waals surface area (Å²) in [5.41, 5.74) is 8.72. The Morgan fingerprint density at radius 2 is 1.41 bits per heavy atom. The number of anilines is 2. The first kappa shape index (κ1) is 18.3. The first-order chi connectivity index (χ1) is 13.7. The van der Waals surface area contributed by atoms with Gasteiger partial charge in [0.15, 0.2) is 0 Å². The van der Waals surface area contributed by atoms with E-state index in [9.17, 15) is 0 Å². The van der Waals surface area contributed by atoms with Crippen LogP contribution in [0.15, 0.2) is 59.0 Å². The summed E-state index contributed by atoms with van der Waals surface area (Å²) in [5.74, 6) is 0. The molecular formula is C27H29NO. The zero-order valence-corrected chi connectivity index (χ0v) is 18.0. The van der Waals surface area contributed by atoms with Gasteiger partial charge in [0.1, 0.15) is 11.2 Å². The van der Waals surface area contributed by atoms with E-state index >= 15 is 0 Å². The number of hydrogen-bond acceptors (Lipinski definition) is 2. The molecule has 5 rings (SSSR count). The van der Waals surface area contributed by atoms with Gasteiger partial charge in [-0.2, -0.15) is 0 Å². The van der Waals surface area contributed by atoms with Crippen LogP contribution in [0, 0.1) is 6.92 Å². The van der Waals surface area contributed by atoms with Crippen molar-refractivity contribution in [2.24, 2.45) is 0 Å². The van der Waals surface area contributed by atoms with Crippen molar-refractivity contribution < 1.29 is 4.42 Å². The summed E-state index contributed by atoms with van der Waals surface area (Å²) in [6, 6.07) is 19.5. The molecule has 4 aromatic rings. The van der Waals surface area contributed by atoms with Crippen molar-refractivity contribution in [3.63, 3.8) is 0 Å². The summed E-state index contributed by atoms with van der Waals surface area (Å²) in [6.45, 7) is 11.6. The number of hydrogen-bond donors (Lipinski definition) is 1. The average Bonchev–Trinajstić information content (AvgIpc) is 3.04. The fourth-order valence-corrected chi connectivity index (χ4v) is 4.78. The van der Waals surface area contributed by atoms with Gasteiger partial charge in [0.25, 0.3) is 0 Å². The van der Waals surface area contributed by atoms with Crippen LogP contribution in [0.25, 0.3) is 21.9 Å². The molecule has 0 saturated carbocycles. The van der Waals surface area contributed by atoms with E-state index < -0.39 is 0 Å². The third kappa shape index (κ3) is 2.93. The highest BCUT2D eigenvalue weighted by Gasteiger charge is 2.37. The molecular weight excluding hydrogens is 354 g/mol. The van der Waals surface area contributed by atoms with E-state index in [0.29, 0.717) is 0 Å². The van der Waals surface area contributed by atoms with Crippen LogP contribution >= 0.6 is 0 Å². The minimum Gasteiger partial charge on any atom is -0.456 e. The fraction of sp³-hybridized carbons (Fsp3) is 0.333. The van der Waals surface area contributed by atoms with Gasteiger partial charge in [-0.25, -0.2) is 0 Å². The lowest BCUT2D eigenvalue weighted by Gasteiger charge is -2.41. The third-order valence-electron chi connectivity index (χ3n) is 6.87. The topological polar surface area (TPSA) is 25.2 Å². The number of aryl methyl sites for hydroxylation is 1. The second kappa shape index (κ2) is 6.13. The van der Waals surface area contributed by atoms with Crippen LogP contribution < -0.4 is 5.32 Å². The van der Waals surface area contributed by atoms with Gasteiger partial charge >= 0.3 is 0 Å². The minimum absolute atomic E-state index is 0.190. The van der Waals surface area contributed by atoms with Crippen LogP contribution in [0.1, 0.15) is 57.2 Å². The number of furan rings is 1. The highest BCUT2D eigenvalue weighted by molar-refractivity contribution is 6.06. The van der Waals surface area contributed by atoms with Crippen LogP contribution in [-0.4, -0.2) is 0 Å². The van der Waals surface area contributed by atoms with Gasteiger partial charge in [0.2, 0.25) is 0 Å². The molecule has 0 atom stereocenters. The first-order valence-electron chi connectivity index (χ1n) is 10.6. The van der Waals surface area contributed by atoms with E-state index in [4.69, 9.17) is 4.42 Å². The number of fused-ring (bicyclic) bond motifs is 4. The standard InChI is InChI=1S/C27H29NO/c1-17-8-6-7-9-23(17)28-18-10-11-24-19(14-18)20-15-21-22(16-25(20)29-24)27(4,5)13-12-26(21,2)3/h6-11,14-16,28H,12-13H2,1-5H3. The van der Waals surface area contributed by atoms with Gasteiger partial charge in [-0.1, -0.05) is 45.9 Å². The maximum atomic E-state index is 6.28. The number of rotatable bonds is 2. The highest BCUT2D eigenvalue weighted by Crippen LogP contribution is 2.48. The van der Waals surface area contributed by atoms with Gasteiger partial charge in [0.05, 0.1) is 0 Å². The second-order valence-electron chi connectivity index (χ2n) is 9.91. The number of nitrogens with one attached hydrogen (secondary N) is 1. The summed E-state index contributed by atoms with van der Waals surface area (Å²) in [5, 5.41) is 5.97. The molecule has 2 heteroatoms. The molecule has 0 bridgehead atoms. The lowest BCUT2D eigenvalue weighted by Crippen LogP contribution is -2.33. The molecule has 1 aliphatic carbocycles. The Kier molecular flexibility index (Phi) is 3.87. The molecule has 0 aliphatic heterocycles. The van der Waals surface area contributed by atoms with E-state index in [1.165, 1.54) is 40.3 Å². The summed E-state index contributed by atoms with van der Waals surface area (Å²) in [7, 11) is 0. The van der Waals surface area contributed by atoms with Crippen molar-refractivity contribution >= 4 is 33.3 Å². The molecule has 0 radical (unpaired) electrons. The third-order valence-corrected chi connectivity index (χ3v) is 6.87. The summed E-state index contributed by atoms with van der Waals surface area (Å²) in [4.78, 5) is 0. The maximum absolute atomic E-state index is 6.28. The summed E-state index contributed by atoms with van der Waals surface area (Å²) in [6.07, 6.45) is 2.43. The fourth-order valence-electron chi connectivity index (χ4n) is 4.78. The van der Waals surface area contributed by atoms with Crippen molar-refractivity contribution in [2.75, 3.05) is 5.32 Å². The zero-order valence-electron chi connectivity index (χ0n) is 18.0. The molecule has 0 saturated heterocycles. The molecule has 1 aromatic heterocycles. The molecule has 148 valence electrons. The molecule has 0 amide bonds. The lowest BCUT2D eigenvalue weighted by molar-refractivity contribution is 0.332. The van der Waals surface area contributed by atoms with Gasteiger partial charge in [0, 0.05) is 22.1 Å². The molecule has 0 unspecified atom stereocenters.